The van der Waals surface area contributed by atoms with Crippen LogP contribution in [0.2, 0.25) is 0 Å². The van der Waals surface area contributed by atoms with E-state index in [1.807, 2.05) is 36.0 Å². The monoisotopic (exact) mass is 261 g/mol. The number of ether oxygens (including phenoxy) is 2. The maximum Gasteiger partial charge on any atom is 0.161 e. The molecule has 5 heteroatoms. The number of aryl methyl sites for hydroxylation is 1. The second-order valence-corrected chi connectivity index (χ2v) is 4.25. The molecule has 102 valence electrons. The number of aromatic nitrogens is 2. The molecule has 0 unspecified atom stereocenters. The lowest BCUT2D eigenvalue weighted by molar-refractivity contribution is 0.354. The van der Waals surface area contributed by atoms with Crippen molar-refractivity contribution in [3.05, 3.63) is 42.0 Å². The van der Waals surface area contributed by atoms with Crippen LogP contribution in [0.15, 0.2) is 30.6 Å². The number of benzene rings is 1. The van der Waals surface area contributed by atoms with Gasteiger partial charge in [0, 0.05) is 26.0 Å². The van der Waals surface area contributed by atoms with E-state index in [0.717, 1.165) is 36.0 Å². The molecule has 0 saturated heterocycles. The van der Waals surface area contributed by atoms with Gasteiger partial charge in [0.1, 0.15) is 5.82 Å². The zero-order chi connectivity index (χ0) is 13.7. The SMILES string of the molecule is COc1ccc(CNCc2nccn2C)cc1OC. The number of imidazole rings is 1. The Morgan fingerprint density at radius 2 is 1.95 bits per heavy atom. The van der Waals surface area contributed by atoms with Crippen molar-refractivity contribution >= 4 is 0 Å². The number of hydrogen-bond donors (Lipinski definition) is 1. The molecule has 0 fully saturated rings. The zero-order valence-electron chi connectivity index (χ0n) is 11.5. The van der Waals surface area contributed by atoms with E-state index in [-0.39, 0.29) is 0 Å². The molecule has 0 spiro atoms. The smallest absolute Gasteiger partial charge is 0.161 e. The predicted octanol–water partition coefficient (Wildman–Crippen LogP) is 1.73. The molecular formula is C14H19N3O2. The van der Waals surface area contributed by atoms with Crippen LogP contribution in [0.3, 0.4) is 0 Å². The molecule has 1 heterocycles. The fraction of sp³-hybridized carbons (Fsp3) is 0.357. The molecule has 0 atom stereocenters. The Hall–Kier alpha value is -2.01. The van der Waals surface area contributed by atoms with Gasteiger partial charge in [0.25, 0.3) is 0 Å². The van der Waals surface area contributed by atoms with E-state index in [1.54, 1.807) is 20.4 Å². The molecule has 0 aliphatic heterocycles. The highest BCUT2D eigenvalue weighted by Crippen LogP contribution is 2.27. The number of hydrogen-bond acceptors (Lipinski definition) is 4. The van der Waals surface area contributed by atoms with Crippen LogP contribution in [0, 0.1) is 0 Å². The highest BCUT2D eigenvalue weighted by Gasteiger charge is 2.04. The first-order valence-corrected chi connectivity index (χ1v) is 6.12. The van der Waals surface area contributed by atoms with E-state index in [9.17, 15) is 0 Å². The Balaban J connectivity index is 1.94. The molecule has 2 rings (SSSR count). The van der Waals surface area contributed by atoms with Gasteiger partial charge in [0.15, 0.2) is 11.5 Å². The van der Waals surface area contributed by atoms with Gasteiger partial charge >= 0.3 is 0 Å². The van der Waals surface area contributed by atoms with Gasteiger partial charge in [-0.15, -0.1) is 0 Å². The average Bonchev–Trinajstić information content (AvgIpc) is 2.84. The molecular weight excluding hydrogens is 242 g/mol. The van der Waals surface area contributed by atoms with Crippen molar-refractivity contribution in [1.29, 1.82) is 0 Å². The molecule has 1 aromatic carbocycles. The third-order valence-corrected chi connectivity index (χ3v) is 2.98. The lowest BCUT2D eigenvalue weighted by Gasteiger charge is -2.10. The third kappa shape index (κ3) is 3.26. The summed E-state index contributed by atoms with van der Waals surface area (Å²) in [6.45, 7) is 1.49. The second kappa shape index (κ2) is 6.24. The van der Waals surface area contributed by atoms with E-state index in [0.29, 0.717) is 0 Å². The molecule has 19 heavy (non-hydrogen) atoms. The molecule has 1 aromatic heterocycles. The van der Waals surface area contributed by atoms with Crippen molar-refractivity contribution in [3.63, 3.8) is 0 Å². The molecule has 0 saturated carbocycles. The Morgan fingerprint density at radius 3 is 2.58 bits per heavy atom. The summed E-state index contributed by atoms with van der Waals surface area (Å²) >= 11 is 0. The van der Waals surface area contributed by atoms with Gasteiger partial charge in [-0.3, -0.25) is 0 Å². The standard InChI is InChI=1S/C14H19N3O2/c1-17-7-6-16-14(17)10-15-9-11-4-5-12(18-2)13(8-11)19-3/h4-8,15H,9-10H2,1-3H3. The van der Waals surface area contributed by atoms with Crippen molar-refractivity contribution in [2.24, 2.45) is 7.05 Å². The van der Waals surface area contributed by atoms with Crippen LogP contribution in [-0.2, 0) is 20.1 Å². The van der Waals surface area contributed by atoms with E-state index in [2.05, 4.69) is 10.3 Å². The van der Waals surface area contributed by atoms with Crippen LogP contribution in [0.25, 0.3) is 0 Å². The minimum atomic E-state index is 0.734. The first kappa shape index (κ1) is 13.4. The van der Waals surface area contributed by atoms with Crippen molar-refractivity contribution in [3.8, 4) is 11.5 Å². The number of nitrogens with zero attached hydrogens (tertiary/aromatic N) is 2. The minimum absolute atomic E-state index is 0.734. The van der Waals surface area contributed by atoms with Crippen molar-refractivity contribution in [1.82, 2.24) is 14.9 Å². The average molecular weight is 261 g/mol. The molecule has 0 aliphatic carbocycles. The highest BCUT2D eigenvalue weighted by molar-refractivity contribution is 5.42. The first-order chi connectivity index (χ1) is 9.24. The minimum Gasteiger partial charge on any atom is -0.493 e. The first-order valence-electron chi connectivity index (χ1n) is 6.12. The maximum absolute atomic E-state index is 5.28. The topological polar surface area (TPSA) is 48.3 Å². The number of nitrogens with one attached hydrogen (secondary N) is 1. The van der Waals surface area contributed by atoms with Gasteiger partial charge in [0.2, 0.25) is 0 Å². The molecule has 0 aliphatic rings. The number of methoxy groups -OCH3 is 2. The summed E-state index contributed by atoms with van der Waals surface area (Å²) < 4.78 is 12.5. The van der Waals surface area contributed by atoms with Gasteiger partial charge in [-0.1, -0.05) is 6.07 Å². The summed E-state index contributed by atoms with van der Waals surface area (Å²) in [6, 6.07) is 5.91. The summed E-state index contributed by atoms with van der Waals surface area (Å²) in [7, 11) is 5.26. The Bertz CT molecular complexity index is 537. The van der Waals surface area contributed by atoms with Gasteiger partial charge < -0.3 is 19.4 Å². The largest absolute Gasteiger partial charge is 0.493 e. The summed E-state index contributed by atoms with van der Waals surface area (Å²) in [5.74, 6) is 2.51. The quantitative estimate of drug-likeness (QED) is 0.860. The Labute approximate surface area is 113 Å². The van der Waals surface area contributed by atoms with Gasteiger partial charge in [-0.2, -0.15) is 0 Å². The van der Waals surface area contributed by atoms with Crippen LogP contribution in [0.1, 0.15) is 11.4 Å². The lowest BCUT2D eigenvalue weighted by atomic mass is 10.2. The fourth-order valence-corrected chi connectivity index (χ4v) is 1.88. The Morgan fingerprint density at radius 1 is 1.16 bits per heavy atom. The zero-order valence-corrected chi connectivity index (χ0v) is 11.5. The molecule has 5 nitrogen and oxygen atoms in total. The fourth-order valence-electron chi connectivity index (χ4n) is 1.88. The van der Waals surface area contributed by atoms with Gasteiger partial charge in [0.05, 0.1) is 20.8 Å². The summed E-state index contributed by atoms with van der Waals surface area (Å²) in [6.07, 6.45) is 3.74. The van der Waals surface area contributed by atoms with Gasteiger partial charge in [-0.25, -0.2) is 4.98 Å². The molecule has 2 aromatic rings. The number of rotatable bonds is 6. The maximum atomic E-state index is 5.28. The predicted molar refractivity (Wildman–Crippen MR) is 73.3 cm³/mol. The van der Waals surface area contributed by atoms with Crippen LogP contribution in [0.5, 0.6) is 11.5 Å². The summed E-state index contributed by atoms with van der Waals surface area (Å²) in [5, 5.41) is 3.35. The second-order valence-electron chi connectivity index (χ2n) is 4.25. The van der Waals surface area contributed by atoms with Crippen LogP contribution in [0.4, 0.5) is 0 Å². The van der Waals surface area contributed by atoms with Crippen molar-refractivity contribution in [2.45, 2.75) is 13.1 Å². The summed E-state index contributed by atoms with van der Waals surface area (Å²) in [4.78, 5) is 4.26. The molecule has 0 amide bonds. The van der Waals surface area contributed by atoms with E-state index in [1.165, 1.54) is 0 Å². The molecule has 0 radical (unpaired) electrons. The van der Waals surface area contributed by atoms with E-state index < -0.39 is 0 Å². The van der Waals surface area contributed by atoms with Crippen LogP contribution in [-0.4, -0.2) is 23.8 Å². The normalized spacial score (nSPS) is 10.5. The van der Waals surface area contributed by atoms with Gasteiger partial charge in [-0.05, 0) is 17.7 Å². The van der Waals surface area contributed by atoms with E-state index >= 15 is 0 Å². The molecule has 1 N–H and O–H groups in total. The highest BCUT2D eigenvalue weighted by atomic mass is 16.5. The Kier molecular flexibility index (Phi) is 4.41. The van der Waals surface area contributed by atoms with Crippen molar-refractivity contribution in [2.75, 3.05) is 14.2 Å². The lowest BCUT2D eigenvalue weighted by Crippen LogP contribution is -2.15. The van der Waals surface area contributed by atoms with Crippen molar-refractivity contribution < 1.29 is 9.47 Å². The van der Waals surface area contributed by atoms with Crippen LogP contribution >= 0.6 is 0 Å². The third-order valence-electron chi connectivity index (χ3n) is 2.98. The molecule has 0 bridgehead atoms. The van der Waals surface area contributed by atoms with Crippen LogP contribution < -0.4 is 14.8 Å². The summed E-state index contributed by atoms with van der Waals surface area (Å²) in [5.41, 5.74) is 1.15. The van der Waals surface area contributed by atoms with E-state index in [4.69, 9.17) is 9.47 Å².